The number of hydrogen-bond acceptors (Lipinski definition) is 4. The zero-order valence-electron chi connectivity index (χ0n) is 13.2. The van der Waals surface area contributed by atoms with Gasteiger partial charge in [-0.05, 0) is 27.7 Å². The summed E-state index contributed by atoms with van der Waals surface area (Å²) < 4.78 is 38.3. The molecule has 2 aliphatic rings. The van der Waals surface area contributed by atoms with Crippen molar-refractivity contribution in [3.05, 3.63) is 0 Å². The van der Waals surface area contributed by atoms with Crippen LogP contribution >= 0.6 is 0 Å². The molecule has 124 valence electrons. The molecule has 0 aromatic heterocycles. The van der Waals surface area contributed by atoms with Crippen LogP contribution in [0.1, 0.15) is 27.7 Å². The van der Waals surface area contributed by atoms with Crippen molar-refractivity contribution in [1.29, 1.82) is 5.26 Å². The summed E-state index contributed by atoms with van der Waals surface area (Å²) >= 11 is 0. The first-order valence-corrected chi connectivity index (χ1v) is 7.21. The summed E-state index contributed by atoms with van der Waals surface area (Å²) in [4.78, 5) is 17.0. The van der Waals surface area contributed by atoms with Crippen LogP contribution in [0.15, 0.2) is 0 Å². The number of piperazine rings is 1. The summed E-state index contributed by atoms with van der Waals surface area (Å²) in [5, 5.41) is 9.21. The molecule has 2 rings (SSSR count). The summed E-state index contributed by atoms with van der Waals surface area (Å²) in [6.45, 7) is 6.83. The number of nitrogens with zero attached hydrogens (tertiary/aromatic N) is 4. The third kappa shape index (κ3) is 2.79. The lowest BCUT2D eigenvalue weighted by Crippen LogP contribution is -2.61. The van der Waals surface area contributed by atoms with E-state index < -0.39 is 35.9 Å². The zero-order valence-corrected chi connectivity index (χ0v) is 13.2. The highest BCUT2D eigenvalue weighted by atomic mass is 19.4. The summed E-state index contributed by atoms with van der Waals surface area (Å²) in [5.74, 6) is -0.513. The van der Waals surface area contributed by atoms with Crippen LogP contribution in [-0.4, -0.2) is 70.2 Å². The van der Waals surface area contributed by atoms with Gasteiger partial charge in [0.25, 0.3) is 0 Å². The fourth-order valence-corrected chi connectivity index (χ4v) is 3.28. The van der Waals surface area contributed by atoms with E-state index >= 15 is 0 Å². The minimum Gasteiger partial charge on any atom is -0.314 e. The van der Waals surface area contributed by atoms with Crippen LogP contribution in [0, 0.1) is 11.3 Å². The molecule has 0 aromatic carbocycles. The first kappa shape index (κ1) is 17.0. The first-order valence-electron chi connectivity index (χ1n) is 7.21. The molecule has 1 unspecified atom stereocenters. The summed E-state index contributed by atoms with van der Waals surface area (Å²) in [6.07, 6.45) is -4.42. The van der Waals surface area contributed by atoms with E-state index in [1.807, 2.05) is 9.80 Å². The lowest BCUT2D eigenvalue weighted by atomic mass is 10.0. The van der Waals surface area contributed by atoms with Crippen LogP contribution in [0.4, 0.5) is 13.2 Å². The van der Waals surface area contributed by atoms with E-state index in [1.54, 1.807) is 27.7 Å². The van der Waals surface area contributed by atoms with Gasteiger partial charge in [0.15, 0.2) is 0 Å². The van der Waals surface area contributed by atoms with E-state index in [-0.39, 0.29) is 6.54 Å². The smallest absolute Gasteiger partial charge is 0.314 e. The highest BCUT2D eigenvalue weighted by molar-refractivity contribution is 5.85. The van der Waals surface area contributed by atoms with Crippen molar-refractivity contribution in [2.75, 3.05) is 26.2 Å². The van der Waals surface area contributed by atoms with E-state index in [0.29, 0.717) is 13.1 Å². The van der Waals surface area contributed by atoms with Gasteiger partial charge in [-0.15, -0.1) is 0 Å². The van der Waals surface area contributed by atoms with Crippen molar-refractivity contribution in [2.45, 2.75) is 51.1 Å². The van der Waals surface area contributed by atoms with E-state index in [2.05, 4.69) is 6.07 Å². The van der Waals surface area contributed by atoms with Crippen molar-refractivity contribution in [1.82, 2.24) is 14.7 Å². The second-order valence-corrected chi connectivity index (χ2v) is 6.86. The average molecular weight is 318 g/mol. The van der Waals surface area contributed by atoms with Gasteiger partial charge in [-0.1, -0.05) is 0 Å². The molecule has 8 heteroatoms. The molecule has 5 nitrogen and oxygen atoms in total. The van der Waals surface area contributed by atoms with Crippen LogP contribution in [-0.2, 0) is 4.79 Å². The standard InChI is InChI=1S/C14H21F3N4O/c1-12(2,8-18)19-5-6-20-10(7-19)11(22)21(13(20,3)4)9-14(15,16)17/h10H,5-7,9H2,1-4H3. The SMILES string of the molecule is CC(C)(C#N)N1CCN2C(C1)C(=O)N(CC(F)(F)F)C2(C)C. The molecular formula is C14H21F3N4O. The minimum absolute atomic E-state index is 0.275. The average Bonchev–Trinajstić information content (AvgIpc) is 2.58. The number of nitriles is 1. The monoisotopic (exact) mass is 318 g/mol. The highest BCUT2D eigenvalue weighted by Gasteiger charge is 2.56. The topological polar surface area (TPSA) is 50.6 Å². The van der Waals surface area contributed by atoms with Crippen molar-refractivity contribution in [3.63, 3.8) is 0 Å². The number of alkyl halides is 3. The Hall–Kier alpha value is -1.33. The molecule has 0 N–H and O–H groups in total. The Bertz CT molecular complexity index is 509. The Morgan fingerprint density at radius 2 is 1.91 bits per heavy atom. The molecule has 0 aliphatic carbocycles. The Morgan fingerprint density at radius 1 is 1.32 bits per heavy atom. The molecule has 0 radical (unpaired) electrons. The van der Waals surface area contributed by atoms with Crippen molar-refractivity contribution in [2.24, 2.45) is 0 Å². The van der Waals surface area contributed by atoms with Crippen molar-refractivity contribution in [3.8, 4) is 6.07 Å². The van der Waals surface area contributed by atoms with Gasteiger partial charge >= 0.3 is 6.18 Å². The largest absolute Gasteiger partial charge is 0.406 e. The number of carbonyl (C=O) groups excluding carboxylic acids is 1. The molecule has 22 heavy (non-hydrogen) atoms. The lowest BCUT2D eigenvalue weighted by molar-refractivity contribution is -0.169. The highest BCUT2D eigenvalue weighted by Crippen LogP contribution is 2.37. The number of halogens is 3. The number of hydrogen-bond donors (Lipinski definition) is 0. The van der Waals surface area contributed by atoms with Gasteiger partial charge in [0.05, 0.1) is 11.7 Å². The van der Waals surface area contributed by atoms with Crippen LogP contribution in [0.5, 0.6) is 0 Å². The number of fused-ring (bicyclic) bond motifs is 1. The zero-order chi connectivity index (χ0) is 16.9. The van der Waals surface area contributed by atoms with Gasteiger partial charge in [0.2, 0.25) is 5.91 Å². The molecule has 0 spiro atoms. The lowest BCUT2D eigenvalue weighted by Gasteiger charge is -2.45. The second kappa shape index (κ2) is 5.10. The summed E-state index contributed by atoms with van der Waals surface area (Å²) in [5.41, 5.74) is -1.71. The molecule has 2 saturated heterocycles. The molecule has 1 amide bonds. The Labute approximate surface area is 128 Å². The summed E-state index contributed by atoms with van der Waals surface area (Å²) in [7, 11) is 0. The first-order chi connectivity index (χ1) is 9.90. The fraction of sp³-hybridized carbons (Fsp3) is 0.857. The van der Waals surface area contributed by atoms with Crippen LogP contribution in [0.2, 0.25) is 0 Å². The normalized spacial score (nSPS) is 26.9. The predicted octanol–water partition coefficient (Wildman–Crippen LogP) is 1.42. The predicted molar refractivity (Wildman–Crippen MR) is 73.6 cm³/mol. The molecule has 0 aromatic rings. The maximum Gasteiger partial charge on any atom is 0.406 e. The maximum atomic E-state index is 12.8. The second-order valence-electron chi connectivity index (χ2n) is 6.86. The van der Waals surface area contributed by atoms with Crippen molar-refractivity contribution < 1.29 is 18.0 Å². The number of rotatable bonds is 2. The molecule has 0 saturated carbocycles. The molecule has 2 fully saturated rings. The Balaban J connectivity index is 2.24. The number of carbonyl (C=O) groups is 1. The third-order valence-corrected chi connectivity index (χ3v) is 4.70. The molecule has 0 bridgehead atoms. The van der Waals surface area contributed by atoms with Gasteiger partial charge in [-0.25, -0.2) is 0 Å². The van der Waals surface area contributed by atoms with Gasteiger partial charge in [0.1, 0.15) is 18.1 Å². The van der Waals surface area contributed by atoms with E-state index in [4.69, 9.17) is 0 Å². The van der Waals surface area contributed by atoms with E-state index in [1.165, 1.54) is 0 Å². The van der Waals surface area contributed by atoms with Gasteiger partial charge < -0.3 is 4.90 Å². The molecule has 1 atom stereocenters. The summed E-state index contributed by atoms with van der Waals surface area (Å²) in [6, 6.07) is 1.55. The van der Waals surface area contributed by atoms with E-state index in [0.717, 1.165) is 4.90 Å². The van der Waals surface area contributed by atoms with Gasteiger partial charge in [0, 0.05) is 19.6 Å². The fourth-order valence-electron chi connectivity index (χ4n) is 3.28. The maximum absolute atomic E-state index is 12.8. The van der Waals surface area contributed by atoms with Crippen LogP contribution < -0.4 is 0 Å². The molecular weight excluding hydrogens is 297 g/mol. The van der Waals surface area contributed by atoms with Gasteiger partial charge in [-0.3, -0.25) is 14.6 Å². The van der Waals surface area contributed by atoms with E-state index in [9.17, 15) is 23.2 Å². The Morgan fingerprint density at radius 3 is 2.41 bits per heavy atom. The Kier molecular flexibility index (Phi) is 3.95. The molecule has 2 heterocycles. The number of amides is 1. The van der Waals surface area contributed by atoms with Gasteiger partial charge in [-0.2, -0.15) is 18.4 Å². The quantitative estimate of drug-likeness (QED) is 0.772. The molecule has 2 aliphatic heterocycles. The van der Waals surface area contributed by atoms with Crippen molar-refractivity contribution >= 4 is 5.91 Å². The van der Waals surface area contributed by atoms with Crippen LogP contribution in [0.3, 0.4) is 0 Å². The third-order valence-electron chi connectivity index (χ3n) is 4.70. The van der Waals surface area contributed by atoms with Crippen LogP contribution in [0.25, 0.3) is 0 Å². The minimum atomic E-state index is -4.42.